The van der Waals surface area contributed by atoms with Crippen molar-refractivity contribution in [1.82, 2.24) is 25.1 Å². The molecular formula is C25H33N5O3. The van der Waals surface area contributed by atoms with Crippen LogP contribution >= 0.6 is 0 Å². The smallest absolute Gasteiger partial charge is 0.274 e. The Balaban J connectivity index is 1.24. The molecular weight excluding hydrogens is 418 g/mol. The molecule has 1 unspecified atom stereocenters. The van der Waals surface area contributed by atoms with Gasteiger partial charge in [0.15, 0.2) is 0 Å². The molecule has 0 saturated carbocycles. The van der Waals surface area contributed by atoms with Gasteiger partial charge in [-0.2, -0.15) is 0 Å². The number of likely N-dealkylation sites (tertiary alicyclic amines) is 1. The van der Waals surface area contributed by atoms with E-state index in [0.717, 1.165) is 51.9 Å². The lowest BCUT2D eigenvalue weighted by atomic mass is 10.0. The summed E-state index contributed by atoms with van der Waals surface area (Å²) in [6, 6.07) is 10.7. The van der Waals surface area contributed by atoms with Gasteiger partial charge in [0.1, 0.15) is 5.69 Å². The molecule has 8 nitrogen and oxygen atoms in total. The molecule has 2 aliphatic heterocycles. The zero-order valence-corrected chi connectivity index (χ0v) is 19.1. The summed E-state index contributed by atoms with van der Waals surface area (Å²) in [6.07, 6.45) is 8.61. The fourth-order valence-electron chi connectivity index (χ4n) is 4.49. The van der Waals surface area contributed by atoms with Crippen LogP contribution in [-0.4, -0.2) is 76.5 Å². The van der Waals surface area contributed by atoms with E-state index < -0.39 is 0 Å². The first-order valence-corrected chi connectivity index (χ1v) is 11.9. The van der Waals surface area contributed by atoms with Gasteiger partial charge in [0.05, 0.1) is 12.3 Å². The molecule has 0 bridgehead atoms. The lowest BCUT2D eigenvalue weighted by Gasteiger charge is -2.32. The van der Waals surface area contributed by atoms with Crippen LogP contribution in [-0.2, 0) is 16.1 Å². The van der Waals surface area contributed by atoms with E-state index in [1.54, 1.807) is 11.1 Å². The number of nitrogens with zero attached hydrogens (tertiary/aromatic N) is 4. The molecule has 1 atom stereocenters. The Morgan fingerprint density at radius 1 is 1.12 bits per heavy atom. The molecule has 8 heteroatoms. The number of piperidine rings is 1. The average Bonchev–Trinajstić information content (AvgIpc) is 3.37. The Morgan fingerprint density at radius 3 is 2.64 bits per heavy atom. The van der Waals surface area contributed by atoms with Crippen molar-refractivity contribution >= 4 is 11.8 Å². The van der Waals surface area contributed by atoms with Crippen molar-refractivity contribution in [3.05, 3.63) is 60.2 Å². The summed E-state index contributed by atoms with van der Waals surface area (Å²) in [7, 11) is 0. The van der Waals surface area contributed by atoms with Gasteiger partial charge in [0, 0.05) is 64.2 Å². The van der Waals surface area contributed by atoms with Crippen molar-refractivity contribution < 1.29 is 14.3 Å². The standard InChI is InChI=1S/C25H33N5O3/c31-24(28-21-8-13-29(14-9-21)18-20-5-2-1-3-6-20)10-15-30(19-22-7-4-16-33-22)25(32)23-17-26-11-12-27-23/h1-3,5-6,11-12,17,21-22H,4,7-10,13-16,18-19H2,(H,28,31). The predicted molar refractivity (Wildman–Crippen MR) is 124 cm³/mol. The number of carbonyl (C=O) groups excluding carboxylic acids is 2. The van der Waals surface area contributed by atoms with Gasteiger partial charge in [-0.15, -0.1) is 0 Å². The van der Waals surface area contributed by atoms with E-state index in [1.807, 2.05) is 6.07 Å². The van der Waals surface area contributed by atoms with Crippen LogP contribution in [0.15, 0.2) is 48.9 Å². The average molecular weight is 452 g/mol. The first-order chi connectivity index (χ1) is 16.2. The summed E-state index contributed by atoms with van der Waals surface area (Å²) in [5, 5.41) is 3.17. The second kappa shape index (κ2) is 11.9. The number of hydrogen-bond donors (Lipinski definition) is 1. The van der Waals surface area contributed by atoms with Gasteiger partial charge in [-0.05, 0) is 31.2 Å². The largest absolute Gasteiger partial charge is 0.376 e. The highest BCUT2D eigenvalue weighted by Gasteiger charge is 2.26. The molecule has 0 radical (unpaired) electrons. The Hall–Kier alpha value is -2.84. The molecule has 1 aromatic carbocycles. The van der Waals surface area contributed by atoms with Crippen LogP contribution in [0, 0.1) is 0 Å². The van der Waals surface area contributed by atoms with E-state index in [9.17, 15) is 9.59 Å². The summed E-state index contributed by atoms with van der Waals surface area (Å²) in [6.45, 7) is 4.42. The second-order valence-corrected chi connectivity index (χ2v) is 8.83. The summed E-state index contributed by atoms with van der Waals surface area (Å²) < 4.78 is 5.72. The zero-order valence-electron chi connectivity index (χ0n) is 19.1. The molecule has 1 aromatic heterocycles. The van der Waals surface area contributed by atoms with Crippen LogP contribution in [0.1, 0.15) is 48.2 Å². The first-order valence-electron chi connectivity index (χ1n) is 11.9. The van der Waals surface area contributed by atoms with Crippen molar-refractivity contribution in [2.24, 2.45) is 0 Å². The molecule has 3 heterocycles. The summed E-state index contributed by atoms with van der Waals surface area (Å²) in [4.78, 5) is 37.9. The number of aromatic nitrogens is 2. The molecule has 2 fully saturated rings. The molecule has 1 N–H and O–H groups in total. The summed E-state index contributed by atoms with van der Waals surface area (Å²) >= 11 is 0. The quantitative estimate of drug-likeness (QED) is 0.629. The highest BCUT2D eigenvalue weighted by atomic mass is 16.5. The van der Waals surface area contributed by atoms with Crippen LogP contribution < -0.4 is 5.32 Å². The van der Waals surface area contributed by atoms with Crippen molar-refractivity contribution in [3.63, 3.8) is 0 Å². The van der Waals surface area contributed by atoms with Gasteiger partial charge in [0.2, 0.25) is 5.91 Å². The minimum Gasteiger partial charge on any atom is -0.376 e. The van der Waals surface area contributed by atoms with E-state index in [-0.39, 0.29) is 30.4 Å². The zero-order chi connectivity index (χ0) is 22.9. The molecule has 4 rings (SSSR count). The van der Waals surface area contributed by atoms with E-state index in [4.69, 9.17) is 4.74 Å². The number of hydrogen-bond acceptors (Lipinski definition) is 6. The highest BCUT2D eigenvalue weighted by Crippen LogP contribution is 2.16. The third kappa shape index (κ3) is 7.07. The van der Waals surface area contributed by atoms with Crippen molar-refractivity contribution in [2.45, 2.75) is 50.8 Å². The van der Waals surface area contributed by atoms with Gasteiger partial charge in [0.25, 0.3) is 5.91 Å². The minimum absolute atomic E-state index is 0.0132. The molecule has 2 saturated heterocycles. The maximum absolute atomic E-state index is 13.0. The third-order valence-corrected chi connectivity index (χ3v) is 6.33. The van der Waals surface area contributed by atoms with Crippen molar-refractivity contribution in [3.8, 4) is 0 Å². The van der Waals surface area contributed by atoms with Gasteiger partial charge >= 0.3 is 0 Å². The van der Waals surface area contributed by atoms with Crippen LogP contribution in [0.25, 0.3) is 0 Å². The second-order valence-electron chi connectivity index (χ2n) is 8.83. The third-order valence-electron chi connectivity index (χ3n) is 6.33. The lowest BCUT2D eigenvalue weighted by Crippen LogP contribution is -2.45. The van der Waals surface area contributed by atoms with E-state index in [0.29, 0.717) is 18.8 Å². The number of nitrogens with one attached hydrogen (secondary N) is 1. The Bertz CT molecular complexity index is 881. The first kappa shape index (κ1) is 23.3. The molecule has 33 heavy (non-hydrogen) atoms. The minimum atomic E-state index is -0.208. The molecule has 0 spiro atoms. The molecule has 0 aliphatic carbocycles. The predicted octanol–water partition coefficient (Wildman–Crippen LogP) is 2.27. The molecule has 2 aliphatic rings. The fraction of sp³-hybridized carbons (Fsp3) is 0.520. The van der Waals surface area contributed by atoms with E-state index >= 15 is 0 Å². The molecule has 2 amide bonds. The van der Waals surface area contributed by atoms with Crippen LogP contribution in [0.2, 0.25) is 0 Å². The maximum atomic E-state index is 13.0. The van der Waals surface area contributed by atoms with E-state index in [1.165, 1.54) is 18.0 Å². The van der Waals surface area contributed by atoms with Gasteiger partial charge in [-0.1, -0.05) is 30.3 Å². The molecule has 176 valence electrons. The normalized spacial score (nSPS) is 19.3. The van der Waals surface area contributed by atoms with Crippen LogP contribution in [0.5, 0.6) is 0 Å². The maximum Gasteiger partial charge on any atom is 0.274 e. The number of carbonyl (C=O) groups is 2. The Labute approximate surface area is 195 Å². The molecule has 2 aromatic rings. The van der Waals surface area contributed by atoms with Gasteiger partial charge < -0.3 is 15.0 Å². The number of benzene rings is 1. The number of rotatable bonds is 9. The topological polar surface area (TPSA) is 87.7 Å². The number of amides is 2. The van der Waals surface area contributed by atoms with Crippen LogP contribution in [0.3, 0.4) is 0 Å². The monoisotopic (exact) mass is 451 g/mol. The summed E-state index contributed by atoms with van der Waals surface area (Å²) in [5.74, 6) is -0.221. The SMILES string of the molecule is O=C(CCN(CC1CCCO1)C(=O)c1cnccn1)NC1CCN(Cc2ccccc2)CC1. The Morgan fingerprint density at radius 2 is 1.94 bits per heavy atom. The fourth-order valence-corrected chi connectivity index (χ4v) is 4.49. The van der Waals surface area contributed by atoms with Gasteiger partial charge in [-0.25, -0.2) is 4.98 Å². The van der Waals surface area contributed by atoms with Crippen molar-refractivity contribution in [2.75, 3.05) is 32.8 Å². The van der Waals surface area contributed by atoms with Crippen molar-refractivity contribution in [1.29, 1.82) is 0 Å². The van der Waals surface area contributed by atoms with Gasteiger partial charge in [-0.3, -0.25) is 19.5 Å². The van der Waals surface area contributed by atoms with E-state index in [2.05, 4.69) is 44.5 Å². The Kier molecular flexibility index (Phi) is 8.38. The number of ether oxygens (including phenoxy) is 1. The highest BCUT2D eigenvalue weighted by molar-refractivity contribution is 5.92. The summed E-state index contributed by atoms with van der Waals surface area (Å²) in [5.41, 5.74) is 1.61. The van der Waals surface area contributed by atoms with Crippen LogP contribution in [0.4, 0.5) is 0 Å². The lowest BCUT2D eigenvalue weighted by molar-refractivity contribution is -0.122.